The molecule has 4 atom stereocenters. The summed E-state index contributed by atoms with van der Waals surface area (Å²) in [6, 6.07) is 12.3. The quantitative estimate of drug-likeness (QED) is 0.217. The number of benzene rings is 2. The normalized spacial score (nSPS) is 20.5. The summed E-state index contributed by atoms with van der Waals surface area (Å²) < 4.78 is 35.2. The van der Waals surface area contributed by atoms with Crippen molar-refractivity contribution in [1.29, 1.82) is 0 Å². The average Bonchev–Trinajstić information content (AvgIpc) is 2.99. The number of hydrogen-bond donors (Lipinski definition) is 0. The van der Waals surface area contributed by atoms with Crippen LogP contribution in [-0.2, 0) is 14.2 Å². The van der Waals surface area contributed by atoms with Crippen LogP contribution < -0.4 is 14.2 Å². The van der Waals surface area contributed by atoms with Crippen LogP contribution in [0.15, 0.2) is 66.0 Å². The van der Waals surface area contributed by atoms with Crippen LogP contribution in [-0.4, -0.2) is 52.4 Å². The molecule has 2 aromatic carbocycles. The summed E-state index contributed by atoms with van der Waals surface area (Å²) in [5.41, 5.74) is 3.45. The van der Waals surface area contributed by atoms with Gasteiger partial charge in [-0.05, 0) is 80.2 Å². The zero-order valence-electron chi connectivity index (χ0n) is 26.0. The molecule has 222 valence electrons. The Morgan fingerprint density at radius 3 is 1.78 bits per heavy atom. The second-order valence-corrected chi connectivity index (χ2v) is 10.4. The molecular formula is C35H46O6. The molecule has 0 fully saturated rings. The number of methoxy groups -OCH3 is 4. The maximum absolute atomic E-state index is 6.35. The second-order valence-electron chi connectivity index (χ2n) is 10.4. The highest BCUT2D eigenvalue weighted by atomic mass is 16.6. The maximum Gasteiger partial charge on any atom is 0.203 e. The molecule has 0 radical (unpaired) electrons. The Morgan fingerprint density at radius 2 is 1.29 bits per heavy atom. The molecule has 1 aliphatic rings. The van der Waals surface area contributed by atoms with Crippen LogP contribution in [0.5, 0.6) is 17.2 Å². The van der Waals surface area contributed by atoms with Crippen LogP contribution in [0, 0.1) is 0 Å². The highest BCUT2D eigenvalue weighted by molar-refractivity contribution is 5.73. The van der Waals surface area contributed by atoms with Gasteiger partial charge in [0, 0.05) is 7.11 Å². The third-order valence-corrected chi connectivity index (χ3v) is 7.42. The molecule has 0 heterocycles. The molecule has 3 rings (SSSR count). The van der Waals surface area contributed by atoms with Crippen molar-refractivity contribution in [3.8, 4) is 17.2 Å². The first-order valence-electron chi connectivity index (χ1n) is 14.3. The van der Waals surface area contributed by atoms with Gasteiger partial charge >= 0.3 is 0 Å². The summed E-state index contributed by atoms with van der Waals surface area (Å²) in [6.07, 6.45) is 14.0. The van der Waals surface area contributed by atoms with Gasteiger partial charge in [-0.3, -0.25) is 0 Å². The number of rotatable bonds is 14. The Kier molecular flexibility index (Phi) is 11.7. The fraction of sp³-hybridized carbons (Fsp3) is 0.429. The zero-order chi connectivity index (χ0) is 30.0. The van der Waals surface area contributed by atoms with Gasteiger partial charge in [0.1, 0.15) is 11.9 Å². The molecule has 0 spiro atoms. The molecule has 6 heteroatoms. The first-order chi connectivity index (χ1) is 19.7. The number of allylic oxidation sites excluding steroid dienone is 3. The topological polar surface area (TPSA) is 55.4 Å². The fourth-order valence-electron chi connectivity index (χ4n) is 4.60. The van der Waals surface area contributed by atoms with E-state index < -0.39 is 5.60 Å². The van der Waals surface area contributed by atoms with E-state index in [1.54, 1.807) is 28.4 Å². The summed E-state index contributed by atoms with van der Waals surface area (Å²) in [6.45, 7) is 10.3. The van der Waals surface area contributed by atoms with Gasteiger partial charge in [-0.15, -0.1) is 0 Å². The van der Waals surface area contributed by atoms with E-state index in [1.165, 1.54) is 0 Å². The Bertz CT molecular complexity index is 1230. The molecule has 0 saturated carbocycles. The Morgan fingerprint density at radius 1 is 0.756 bits per heavy atom. The van der Waals surface area contributed by atoms with Crippen LogP contribution in [0.1, 0.15) is 64.2 Å². The van der Waals surface area contributed by atoms with Crippen molar-refractivity contribution < 1.29 is 28.4 Å². The smallest absolute Gasteiger partial charge is 0.203 e. The van der Waals surface area contributed by atoms with Crippen molar-refractivity contribution in [3.63, 3.8) is 0 Å². The van der Waals surface area contributed by atoms with E-state index in [-0.39, 0.29) is 18.3 Å². The van der Waals surface area contributed by atoms with E-state index in [4.69, 9.17) is 28.4 Å². The summed E-state index contributed by atoms with van der Waals surface area (Å²) in [4.78, 5) is 0. The van der Waals surface area contributed by atoms with Crippen LogP contribution in [0.25, 0.3) is 18.2 Å². The second kappa shape index (κ2) is 14.9. The molecule has 1 aliphatic carbocycles. The maximum atomic E-state index is 6.35. The molecular weight excluding hydrogens is 516 g/mol. The molecule has 0 amide bonds. The minimum atomic E-state index is -0.681. The summed E-state index contributed by atoms with van der Waals surface area (Å²) >= 11 is 0. The van der Waals surface area contributed by atoms with Gasteiger partial charge in [-0.2, -0.15) is 0 Å². The Hall–Kier alpha value is -3.48. The standard InChI is InChI=1S/C35H46O6/c1-10-24(3)40-34-30(36-6)20-28(21-31(34)37-7)18-16-26-12-14-27(15-13-26)17-19-29-22-32(38-8)35(5,33(23-29)39-9)41-25(4)11-2/h12-25,32H,10-11H2,1-9H3. The van der Waals surface area contributed by atoms with E-state index >= 15 is 0 Å². The lowest BCUT2D eigenvalue weighted by Crippen LogP contribution is -2.48. The van der Waals surface area contributed by atoms with E-state index in [2.05, 4.69) is 69.3 Å². The Labute approximate surface area is 246 Å². The minimum Gasteiger partial charge on any atom is -0.498 e. The molecule has 4 unspecified atom stereocenters. The lowest BCUT2D eigenvalue weighted by atomic mass is 9.87. The van der Waals surface area contributed by atoms with E-state index in [0.717, 1.165) is 40.9 Å². The van der Waals surface area contributed by atoms with E-state index in [9.17, 15) is 0 Å². The Balaban J connectivity index is 1.75. The summed E-state index contributed by atoms with van der Waals surface area (Å²) in [7, 11) is 6.66. The number of hydrogen-bond acceptors (Lipinski definition) is 6. The van der Waals surface area contributed by atoms with Gasteiger partial charge in [0.15, 0.2) is 17.1 Å². The predicted octanol–water partition coefficient (Wildman–Crippen LogP) is 8.12. The van der Waals surface area contributed by atoms with Gasteiger partial charge in [0.05, 0.1) is 33.5 Å². The molecule has 6 nitrogen and oxygen atoms in total. The molecule has 41 heavy (non-hydrogen) atoms. The average molecular weight is 563 g/mol. The molecule has 0 aromatic heterocycles. The minimum absolute atomic E-state index is 0.0597. The summed E-state index contributed by atoms with van der Waals surface area (Å²) in [5, 5.41) is 0. The van der Waals surface area contributed by atoms with Crippen LogP contribution in [0.2, 0.25) is 0 Å². The number of ether oxygens (including phenoxy) is 6. The third-order valence-electron chi connectivity index (χ3n) is 7.42. The lowest BCUT2D eigenvalue weighted by Gasteiger charge is -2.40. The predicted molar refractivity (Wildman–Crippen MR) is 168 cm³/mol. The highest BCUT2D eigenvalue weighted by Crippen LogP contribution is 2.40. The highest BCUT2D eigenvalue weighted by Gasteiger charge is 2.43. The van der Waals surface area contributed by atoms with Crippen molar-refractivity contribution in [2.75, 3.05) is 28.4 Å². The van der Waals surface area contributed by atoms with Crippen molar-refractivity contribution in [2.45, 2.75) is 71.4 Å². The molecule has 0 N–H and O–H groups in total. The largest absolute Gasteiger partial charge is 0.498 e. The van der Waals surface area contributed by atoms with E-state index in [0.29, 0.717) is 17.2 Å². The molecule has 0 saturated heterocycles. The van der Waals surface area contributed by atoms with Crippen molar-refractivity contribution in [1.82, 2.24) is 0 Å². The monoisotopic (exact) mass is 562 g/mol. The van der Waals surface area contributed by atoms with Crippen molar-refractivity contribution >= 4 is 18.2 Å². The lowest BCUT2D eigenvalue weighted by molar-refractivity contribution is -0.136. The van der Waals surface area contributed by atoms with Gasteiger partial charge in [-0.25, -0.2) is 0 Å². The van der Waals surface area contributed by atoms with Gasteiger partial charge in [0.2, 0.25) is 5.75 Å². The molecule has 2 aromatic rings. The van der Waals surface area contributed by atoms with Crippen molar-refractivity contribution in [2.24, 2.45) is 0 Å². The van der Waals surface area contributed by atoms with Crippen LogP contribution >= 0.6 is 0 Å². The van der Waals surface area contributed by atoms with E-state index in [1.807, 2.05) is 38.1 Å². The SMILES string of the molecule is CCC(C)Oc1c(OC)cc(C=Cc2ccc(C=CC3=CC(OC)C(C)(OC(C)CC)C(OC)=C3)cc2)cc1OC. The fourth-order valence-corrected chi connectivity index (χ4v) is 4.60. The van der Waals surface area contributed by atoms with Crippen LogP contribution in [0.3, 0.4) is 0 Å². The van der Waals surface area contributed by atoms with Crippen molar-refractivity contribution in [3.05, 3.63) is 82.6 Å². The van der Waals surface area contributed by atoms with Gasteiger partial charge < -0.3 is 28.4 Å². The third kappa shape index (κ3) is 8.05. The molecule has 0 bridgehead atoms. The summed E-state index contributed by atoms with van der Waals surface area (Å²) in [5.74, 6) is 2.67. The van der Waals surface area contributed by atoms with Gasteiger partial charge in [-0.1, -0.05) is 62.4 Å². The first kappa shape index (κ1) is 32.0. The van der Waals surface area contributed by atoms with Crippen LogP contribution in [0.4, 0.5) is 0 Å². The first-order valence-corrected chi connectivity index (χ1v) is 14.3. The van der Waals surface area contributed by atoms with Gasteiger partial charge in [0.25, 0.3) is 0 Å². The molecule has 0 aliphatic heterocycles. The zero-order valence-corrected chi connectivity index (χ0v) is 26.0.